The van der Waals surface area contributed by atoms with E-state index in [4.69, 9.17) is 4.99 Å². The van der Waals surface area contributed by atoms with Gasteiger partial charge in [-0.15, -0.1) is 45.5 Å². The number of rotatable bonds is 6. The number of aliphatic hydroxyl groups is 1. The average molecular weight is 518 g/mol. The second-order valence-electron chi connectivity index (χ2n) is 7.47. The first-order valence-corrected chi connectivity index (χ1v) is 10.5. The maximum absolute atomic E-state index is 10.8. The van der Waals surface area contributed by atoms with Gasteiger partial charge in [0.05, 0.1) is 6.54 Å². The molecule has 7 nitrogen and oxygen atoms in total. The quantitative estimate of drug-likeness (QED) is 0.311. The first-order chi connectivity index (χ1) is 13.0. The predicted molar refractivity (Wildman–Crippen MR) is 124 cm³/mol. The molecule has 0 spiro atoms. The van der Waals surface area contributed by atoms with E-state index in [0.29, 0.717) is 19.1 Å². The monoisotopic (exact) mass is 518 g/mol. The average Bonchev–Trinajstić information content (AvgIpc) is 3.31. The summed E-state index contributed by atoms with van der Waals surface area (Å²) >= 11 is 1.56. The standard InChI is InChI=1S/C19H30N6OS.HI/c1-14-23-24-17(25(14)3)12-20-18(22-15-8-5-4-6-9-15)21-13-19(2,26)16-10-7-11-27-16;/h7,10-11,15,26H,4-6,8-9,12-13H2,1-3H3,(H2,20,21,22);1H. The first-order valence-electron chi connectivity index (χ1n) is 9.62. The largest absolute Gasteiger partial charge is 0.383 e. The fraction of sp³-hybridized carbons (Fsp3) is 0.632. The van der Waals surface area contributed by atoms with Crippen molar-refractivity contribution in [3.05, 3.63) is 34.0 Å². The zero-order valence-corrected chi connectivity index (χ0v) is 20.0. The van der Waals surface area contributed by atoms with Gasteiger partial charge in [-0.3, -0.25) is 0 Å². The van der Waals surface area contributed by atoms with Crippen molar-refractivity contribution in [1.29, 1.82) is 0 Å². The van der Waals surface area contributed by atoms with E-state index in [1.54, 1.807) is 11.3 Å². The number of thiophene rings is 1. The molecule has 3 rings (SSSR count). The number of hydrogen-bond acceptors (Lipinski definition) is 5. The van der Waals surface area contributed by atoms with Crippen molar-refractivity contribution >= 4 is 41.3 Å². The smallest absolute Gasteiger partial charge is 0.192 e. The number of nitrogens with zero attached hydrogens (tertiary/aromatic N) is 4. The Morgan fingerprint density at radius 2 is 2.11 bits per heavy atom. The van der Waals surface area contributed by atoms with Gasteiger partial charge in [0.2, 0.25) is 0 Å². The van der Waals surface area contributed by atoms with Gasteiger partial charge in [0.1, 0.15) is 18.0 Å². The highest BCUT2D eigenvalue weighted by Crippen LogP contribution is 2.24. The number of halogens is 1. The summed E-state index contributed by atoms with van der Waals surface area (Å²) < 4.78 is 1.95. The highest BCUT2D eigenvalue weighted by atomic mass is 127. The van der Waals surface area contributed by atoms with Crippen LogP contribution >= 0.6 is 35.3 Å². The molecule has 9 heteroatoms. The zero-order chi connectivity index (χ0) is 19.3. The third-order valence-electron chi connectivity index (χ3n) is 5.16. The van der Waals surface area contributed by atoms with Gasteiger partial charge in [-0.05, 0) is 38.1 Å². The Kier molecular flexibility index (Phi) is 8.69. The fourth-order valence-corrected chi connectivity index (χ4v) is 4.05. The first kappa shape index (κ1) is 23.1. The van der Waals surface area contributed by atoms with Gasteiger partial charge in [0.25, 0.3) is 0 Å². The van der Waals surface area contributed by atoms with Crippen LogP contribution in [-0.4, -0.2) is 38.4 Å². The maximum Gasteiger partial charge on any atom is 0.192 e. The minimum atomic E-state index is -0.940. The molecule has 2 aromatic rings. The summed E-state index contributed by atoms with van der Waals surface area (Å²) in [6.45, 7) is 4.60. The van der Waals surface area contributed by atoms with Crippen molar-refractivity contribution < 1.29 is 5.11 Å². The molecule has 2 aromatic heterocycles. The molecule has 1 atom stereocenters. The number of nitrogens with one attached hydrogen (secondary N) is 2. The van der Waals surface area contributed by atoms with E-state index in [0.717, 1.165) is 35.3 Å². The Morgan fingerprint density at radius 1 is 1.36 bits per heavy atom. The summed E-state index contributed by atoms with van der Waals surface area (Å²) in [6.07, 6.45) is 6.13. The van der Waals surface area contributed by atoms with Crippen LogP contribution in [0.15, 0.2) is 22.5 Å². The lowest BCUT2D eigenvalue weighted by atomic mass is 9.96. The Bertz CT molecular complexity index is 753. The van der Waals surface area contributed by atoms with Crippen molar-refractivity contribution in [1.82, 2.24) is 25.4 Å². The van der Waals surface area contributed by atoms with Crippen LogP contribution < -0.4 is 10.6 Å². The SMILES string of the molecule is Cc1nnc(CN=C(NCC(C)(O)c2cccs2)NC2CCCCC2)n1C.I. The second-order valence-corrected chi connectivity index (χ2v) is 8.42. The molecule has 2 heterocycles. The van der Waals surface area contributed by atoms with E-state index in [2.05, 4.69) is 20.8 Å². The summed E-state index contributed by atoms with van der Waals surface area (Å²) in [7, 11) is 1.95. The number of hydrogen-bond donors (Lipinski definition) is 3. The predicted octanol–water partition coefficient (Wildman–Crippen LogP) is 3.08. The van der Waals surface area contributed by atoms with Crippen LogP contribution in [0, 0.1) is 6.92 Å². The van der Waals surface area contributed by atoms with E-state index in [-0.39, 0.29) is 24.0 Å². The molecule has 0 aliphatic heterocycles. The van der Waals surface area contributed by atoms with Gasteiger partial charge < -0.3 is 20.3 Å². The van der Waals surface area contributed by atoms with E-state index < -0.39 is 5.60 Å². The third-order valence-corrected chi connectivity index (χ3v) is 6.28. The summed E-state index contributed by atoms with van der Waals surface area (Å²) in [5.41, 5.74) is -0.940. The van der Waals surface area contributed by atoms with E-state index >= 15 is 0 Å². The van der Waals surface area contributed by atoms with Crippen LogP contribution in [0.25, 0.3) is 0 Å². The minimum absolute atomic E-state index is 0. The van der Waals surface area contributed by atoms with Crippen molar-refractivity contribution in [2.24, 2.45) is 12.0 Å². The Labute approximate surface area is 188 Å². The third kappa shape index (κ3) is 6.15. The minimum Gasteiger partial charge on any atom is -0.383 e. The molecular formula is C19H31IN6OS. The van der Waals surface area contributed by atoms with Crippen LogP contribution in [-0.2, 0) is 19.2 Å². The number of aliphatic imine (C=N–C) groups is 1. The molecule has 0 amide bonds. The lowest BCUT2D eigenvalue weighted by Gasteiger charge is -2.28. The molecule has 1 unspecified atom stereocenters. The highest BCUT2D eigenvalue weighted by molar-refractivity contribution is 14.0. The zero-order valence-electron chi connectivity index (χ0n) is 16.8. The summed E-state index contributed by atoms with van der Waals surface area (Å²) in [5, 5.41) is 27.9. The van der Waals surface area contributed by atoms with E-state index in [1.807, 2.05) is 43.0 Å². The number of aromatic nitrogens is 3. The summed E-state index contributed by atoms with van der Waals surface area (Å²) in [4.78, 5) is 5.65. The van der Waals surface area contributed by atoms with Crippen molar-refractivity contribution in [2.45, 2.75) is 64.1 Å². The molecular weight excluding hydrogens is 487 g/mol. The highest BCUT2D eigenvalue weighted by Gasteiger charge is 2.25. The topological polar surface area (TPSA) is 87.4 Å². The molecule has 0 radical (unpaired) electrons. The van der Waals surface area contributed by atoms with Crippen molar-refractivity contribution in [2.75, 3.05) is 6.54 Å². The van der Waals surface area contributed by atoms with Gasteiger partial charge in [0.15, 0.2) is 11.8 Å². The molecule has 1 saturated carbocycles. The Hall–Kier alpha value is -1.20. The molecule has 0 bridgehead atoms. The maximum atomic E-state index is 10.8. The molecule has 3 N–H and O–H groups in total. The molecule has 0 aromatic carbocycles. The van der Waals surface area contributed by atoms with Crippen LogP contribution in [0.3, 0.4) is 0 Å². The summed E-state index contributed by atoms with van der Waals surface area (Å²) in [6, 6.07) is 4.35. The van der Waals surface area contributed by atoms with Crippen molar-refractivity contribution in [3.8, 4) is 0 Å². The van der Waals surface area contributed by atoms with Crippen molar-refractivity contribution in [3.63, 3.8) is 0 Å². The molecule has 1 fully saturated rings. The molecule has 0 saturated heterocycles. The number of guanidine groups is 1. The normalized spacial score (nSPS) is 17.6. The van der Waals surface area contributed by atoms with E-state index in [1.165, 1.54) is 19.3 Å². The Morgan fingerprint density at radius 3 is 2.71 bits per heavy atom. The van der Waals surface area contributed by atoms with Gasteiger partial charge in [-0.25, -0.2) is 4.99 Å². The fourth-order valence-electron chi connectivity index (χ4n) is 3.26. The number of aryl methyl sites for hydroxylation is 1. The second kappa shape index (κ2) is 10.5. The van der Waals surface area contributed by atoms with Gasteiger partial charge in [0, 0.05) is 18.0 Å². The lowest BCUT2D eigenvalue weighted by molar-refractivity contribution is 0.0654. The van der Waals surface area contributed by atoms with Crippen LogP contribution in [0.1, 0.15) is 55.6 Å². The molecule has 156 valence electrons. The van der Waals surface area contributed by atoms with E-state index in [9.17, 15) is 5.11 Å². The molecule has 28 heavy (non-hydrogen) atoms. The van der Waals surface area contributed by atoms with Crippen LogP contribution in [0.4, 0.5) is 0 Å². The molecule has 1 aliphatic carbocycles. The molecule has 1 aliphatic rings. The van der Waals surface area contributed by atoms with Crippen LogP contribution in [0.5, 0.6) is 0 Å². The lowest BCUT2D eigenvalue weighted by Crippen LogP contribution is -2.48. The van der Waals surface area contributed by atoms with Crippen LogP contribution in [0.2, 0.25) is 0 Å². The van der Waals surface area contributed by atoms with Gasteiger partial charge in [-0.1, -0.05) is 25.3 Å². The summed E-state index contributed by atoms with van der Waals surface area (Å²) in [5.74, 6) is 2.41. The Balaban J connectivity index is 0.00000280. The van der Waals surface area contributed by atoms with Gasteiger partial charge >= 0.3 is 0 Å². The van der Waals surface area contributed by atoms with Gasteiger partial charge in [-0.2, -0.15) is 0 Å².